The summed E-state index contributed by atoms with van der Waals surface area (Å²) < 4.78 is 11.3. The van der Waals surface area contributed by atoms with Gasteiger partial charge in [-0.2, -0.15) is 0 Å². The lowest BCUT2D eigenvalue weighted by atomic mass is 9.89. The summed E-state index contributed by atoms with van der Waals surface area (Å²) in [5.74, 6) is 1.06. The minimum atomic E-state index is -0.128. The monoisotopic (exact) mass is 538 g/mol. The first-order valence-corrected chi connectivity index (χ1v) is 13.4. The minimum absolute atomic E-state index is 0.128. The molecule has 0 fully saturated rings. The molecule has 188 valence electrons. The first kappa shape index (κ1) is 23.9. The predicted molar refractivity (Wildman–Crippen MR) is 152 cm³/mol. The molecular formula is C29H22N4O3S2. The summed E-state index contributed by atoms with van der Waals surface area (Å²) in [7, 11) is 0. The number of hydrogen-bond acceptors (Lipinski definition) is 9. The Kier molecular flexibility index (Phi) is 5.94. The van der Waals surface area contributed by atoms with E-state index in [0.717, 1.165) is 32.0 Å². The van der Waals surface area contributed by atoms with Crippen molar-refractivity contribution in [2.45, 2.75) is 13.8 Å². The van der Waals surface area contributed by atoms with E-state index < -0.39 is 0 Å². The van der Waals surface area contributed by atoms with Crippen molar-refractivity contribution in [3.8, 4) is 43.8 Å². The Labute approximate surface area is 226 Å². The van der Waals surface area contributed by atoms with Gasteiger partial charge in [0.05, 0.1) is 22.3 Å². The standard InChI is InChI=1S/C29H22N4O3S2/c1-15-7-3-9-17(21(15)26-23(32-28(30)37-26)19-11-5-13-35-19)25(34)18-10-4-8-16(2)22(18)27-24(33-29(31)38-27)20-12-6-14-36-20/h3-14H,1-2H3,(H2,30,32)(H2,31,33). The molecule has 7 nitrogen and oxygen atoms in total. The number of benzene rings is 2. The van der Waals surface area contributed by atoms with E-state index in [9.17, 15) is 4.79 Å². The molecule has 4 heterocycles. The van der Waals surface area contributed by atoms with Gasteiger partial charge in [-0.15, -0.1) is 0 Å². The smallest absolute Gasteiger partial charge is 0.194 e. The molecule has 0 aliphatic heterocycles. The first-order valence-electron chi connectivity index (χ1n) is 11.8. The summed E-state index contributed by atoms with van der Waals surface area (Å²) in [6, 6.07) is 18.7. The molecule has 0 atom stereocenters. The average Bonchev–Trinajstić information content (AvgIpc) is 3.70. The number of rotatable bonds is 6. The highest BCUT2D eigenvalue weighted by Gasteiger charge is 2.27. The van der Waals surface area contributed by atoms with Gasteiger partial charge >= 0.3 is 0 Å². The molecule has 0 radical (unpaired) electrons. The van der Waals surface area contributed by atoms with Gasteiger partial charge in [0.1, 0.15) is 11.4 Å². The molecule has 0 amide bonds. The van der Waals surface area contributed by atoms with Crippen molar-refractivity contribution in [3.63, 3.8) is 0 Å². The van der Waals surface area contributed by atoms with E-state index in [2.05, 4.69) is 9.97 Å². The Morgan fingerprint density at radius 2 is 1.13 bits per heavy atom. The predicted octanol–water partition coefficient (Wildman–Crippen LogP) is 7.47. The molecule has 0 bridgehead atoms. The zero-order valence-corrected chi connectivity index (χ0v) is 22.2. The van der Waals surface area contributed by atoms with Crippen molar-refractivity contribution in [1.29, 1.82) is 0 Å². The van der Waals surface area contributed by atoms with Crippen LogP contribution >= 0.6 is 22.7 Å². The van der Waals surface area contributed by atoms with Crippen LogP contribution in [-0.2, 0) is 0 Å². The average molecular weight is 539 g/mol. The maximum Gasteiger partial charge on any atom is 0.194 e. The lowest BCUT2D eigenvalue weighted by Gasteiger charge is -2.15. The highest BCUT2D eigenvalue weighted by molar-refractivity contribution is 7.19. The van der Waals surface area contributed by atoms with Crippen LogP contribution in [0.1, 0.15) is 27.0 Å². The van der Waals surface area contributed by atoms with Crippen LogP contribution < -0.4 is 11.5 Å². The van der Waals surface area contributed by atoms with Gasteiger partial charge in [0.2, 0.25) is 0 Å². The molecule has 0 saturated heterocycles. The van der Waals surface area contributed by atoms with Crippen molar-refractivity contribution < 1.29 is 13.6 Å². The Bertz CT molecular complexity index is 1650. The molecule has 0 aliphatic rings. The van der Waals surface area contributed by atoms with Gasteiger partial charge in [-0.1, -0.05) is 59.1 Å². The van der Waals surface area contributed by atoms with E-state index in [0.29, 0.717) is 44.3 Å². The summed E-state index contributed by atoms with van der Waals surface area (Å²) in [6.07, 6.45) is 3.18. The SMILES string of the molecule is Cc1cccc(C(=O)c2cccc(C)c2-c2sc(N)nc2-c2ccco2)c1-c1sc(N)nc1-c1ccco1. The van der Waals surface area contributed by atoms with Crippen LogP contribution in [0.15, 0.2) is 82.0 Å². The fourth-order valence-electron chi connectivity index (χ4n) is 4.63. The molecule has 38 heavy (non-hydrogen) atoms. The largest absolute Gasteiger partial charge is 0.463 e. The second-order valence-corrected chi connectivity index (χ2v) is 10.8. The highest BCUT2D eigenvalue weighted by Crippen LogP contribution is 2.44. The fraction of sp³-hybridized carbons (Fsp3) is 0.0690. The maximum atomic E-state index is 14.4. The summed E-state index contributed by atoms with van der Waals surface area (Å²) in [5.41, 5.74) is 18.0. The molecule has 2 aromatic carbocycles. The third-order valence-corrected chi connectivity index (χ3v) is 8.09. The Hall–Kier alpha value is -4.47. The number of anilines is 2. The molecule has 6 rings (SSSR count). The molecule has 0 unspecified atom stereocenters. The second kappa shape index (κ2) is 9.44. The van der Waals surface area contributed by atoms with Gasteiger partial charge in [-0.3, -0.25) is 4.79 Å². The number of nitrogen functional groups attached to an aromatic ring is 2. The van der Waals surface area contributed by atoms with Gasteiger partial charge in [-0.05, 0) is 49.2 Å². The number of nitrogens with zero attached hydrogens (tertiary/aromatic N) is 2. The third kappa shape index (κ3) is 4.02. The van der Waals surface area contributed by atoms with E-state index in [-0.39, 0.29) is 5.78 Å². The summed E-state index contributed by atoms with van der Waals surface area (Å²) in [6.45, 7) is 3.95. The van der Waals surface area contributed by atoms with Gasteiger partial charge in [0, 0.05) is 22.3 Å². The Balaban J connectivity index is 1.56. The van der Waals surface area contributed by atoms with Crippen LogP contribution in [0.2, 0.25) is 0 Å². The summed E-state index contributed by atoms with van der Waals surface area (Å²) in [5, 5.41) is 0.792. The lowest BCUT2D eigenvalue weighted by molar-refractivity contribution is 0.104. The van der Waals surface area contributed by atoms with Crippen LogP contribution in [0.3, 0.4) is 0 Å². The van der Waals surface area contributed by atoms with Crippen molar-refractivity contribution in [3.05, 3.63) is 95.4 Å². The second-order valence-electron chi connectivity index (χ2n) is 8.74. The van der Waals surface area contributed by atoms with Crippen molar-refractivity contribution in [2.75, 3.05) is 11.5 Å². The molecule has 0 saturated carbocycles. The topological polar surface area (TPSA) is 121 Å². The normalized spacial score (nSPS) is 11.2. The van der Waals surface area contributed by atoms with E-state index in [4.69, 9.17) is 20.3 Å². The van der Waals surface area contributed by atoms with Crippen molar-refractivity contribution >= 4 is 38.7 Å². The summed E-state index contributed by atoms with van der Waals surface area (Å²) >= 11 is 2.66. The van der Waals surface area contributed by atoms with E-state index >= 15 is 0 Å². The van der Waals surface area contributed by atoms with E-state index in [1.54, 1.807) is 24.7 Å². The first-order chi connectivity index (χ1) is 18.4. The Morgan fingerprint density at radius 1 is 0.684 bits per heavy atom. The Morgan fingerprint density at radius 3 is 1.53 bits per heavy atom. The zero-order chi connectivity index (χ0) is 26.4. The van der Waals surface area contributed by atoms with Crippen LogP contribution in [0.4, 0.5) is 10.3 Å². The van der Waals surface area contributed by atoms with E-state index in [1.165, 1.54) is 22.7 Å². The molecule has 0 spiro atoms. The zero-order valence-electron chi connectivity index (χ0n) is 20.5. The molecule has 4 N–H and O–H groups in total. The number of carbonyl (C=O) groups excluding carboxylic acids is 1. The van der Waals surface area contributed by atoms with Crippen molar-refractivity contribution in [1.82, 2.24) is 9.97 Å². The molecule has 9 heteroatoms. The number of ketones is 1. The van der Waals surface area contributed by atoms with Gasteiger partial charge in [-0.25, -0.2) is 9.97 Å². The van der Waals surface area contributed by atoms with Crippen LogP contribution in [0.5, 0.6) is 0 Å². The number of thiazole rings is 2. The fourth-order valence-corrected chi connectivity index (χ4v) is 6.56. The van der Waals surface area contributed by atoms with Crippen LogP contribution in [-0.4, -0.2) is 15.8 Å². The number of nitrogens with two attached hydrogens (primary N) is 2. The maximum absolute atomic E-state index is 14.4. The number of aryl methyl sites for hydroxylation is 2. The number of aromatic nitrogens is 2. The highest BCUT2D eigenvalue weighted by atomic mass is 32.1. The minimum Gasteiger partial charge on any atom is -0.463 e. The van der Waals surface area contributed by atoms with Crippen molar-refractivity contribution in [2.24, 2.45) is 0 Å². The quantitative estimate of drug-likeness (QED) is 0.211. The van der Waals surface area contributed by atoms with E-state index in [1.807, 2.05) is 62.4 Å². The molecular weight excluding hydrogens is 516 g/mol. The number of furan rings is 2. The summed E-state index contributed by atoms with van der Waals surface area (Å²) in [4.78, 5) is 25.0. The number of carbonyl (C=O) groups is 1. The molecule has 6 aromatic rings. The molecule has 4 aromatic heterocycles. The third-order valence-electron chi connectivity index (χ3n) is 6.29. The van der Waals surface area contributed by atoms with Gasteiger partial charge in [0.25, 0.3) is 0 Å². The lowest BCUT2D eigenvalue weighted by Crippen LogP contribution is -2.07. The number of hydrogen-bond donors (Lipinski definition) is 2. The van der Waals surface area contributed by atoms with Gasteiger partial charge < -0.3 is 20.3 Å². The van der Waals surface area contributed by atoms with Crippen LogP contribution in [0, 0.1) is 13.8 Å². The van der Waals surface area contributed by atoms with Crippen LogP contribution in [0.25, 0.3) is 43.8 Å². The van der Waals surface area contributed by atoms with Gasteiger partial charge in [0.15, 0.2) is 27.6 Å². The molecule has 0 aliphatic carbocycles.